The number of Topliss-reactive ketones (excluding diaryl/α,β-unsaturated/α-hetero) is 1. The number of hydrogen-bond acceptors (Lipinski definition) is 5. The summed E-state index contributed by atoms with van der Waals surface area (Å²) in [6, 6.07) is 17.4. The summed E-state index contributed by atoms with van der Waals surface area (Å²) in [4.78, 5) is 17.0. The van der Waals surface area contributed by atoms with Crippen LogP contribution in [0.1, 0.15) is 11.1 Å². The average Bonchev–Trinajstić information content (AvgIpc) is 2.65. The molecular formula is C21H29Cl2N3O3S. The van der Waals surface area contributed by atoms with E-state index in [9.17, 15) is 13.2 Å². The van der Waals surface area contributed by atoms with Crippen LogP contribution in [0.4, 0.5) is 5.69 Å². The molecule has 0 amide bonds. The van der Waals surface area contributed by atoms with Crippen LogP contribution in [-0.4, -0.2) is 63.0 Å². The van der Waals surface area contributed by atoms with Gasteiger partial charge in [-0.3, -0.25) is 19.3 Å². The minimum absolute atomic E-state index is 0. The zero-order valence-electron chi connectivity index (χ0n) is 17.0. The fraction of sp³-hybridized carbons (Fsp3) is 0.381. The predicted octanol–water partition coefficient (Wildman–Crippen LogP) is 2.83. The molecule has 0 bridgehead atoms. The van der Waals surface area contributed by atoms with Crippen molar-refractivity contribution in [1.29, 1.82) is 0 Å². The first-order valence-electron chi connectivity index (χ1n) is 9.44. The van der Waals surface area contributed by atoms with Crippen LogP contribution in [-0.2, 0) is 27.8 Å². The standard InChI is InChI=1S/C21H27N3O3S.2ClH/c1-28(26,27)22-20-9-7-18(8-10-20)15-21(25)17-24-13-11-23(12-14-24)16-19-5-3-2-4-6-19;;/h2-10,22H,11-17H2,1H3;2*1H. The van der Waals surface area contributed by atoms with Gasteiger partial charge >= 0.3 is 0 Å². The van der Waals surface area contributed by atoms with E-state index in [1.165, 1.54) is 5.56 Å². The fourth-order valence-corrected chi connectivity index (χ4v) is 3.95. The second-order valence-electron chi connectivity index (χ2n) is 7.32. The Hall–Kier alpha value is -1.64. The second-order valence-corrected chi connectivity index (χ2v) is 9.07. The third kappa shape index (κ3) is 9.02. The SMILES string of the molecule is CS(=O)(=O)Nc1ccc(CC(=O)CN2CCN(Cc3ccccc3)CC2)cc1.Cl.Cl. The molecule has 0 saturated carbocycles. The molecule has 3 rings (SSSR count). The van der Waals surface area contributed by atoms with Gasteiger partial charge in [0, 0.05) is 44.8 Å². The highest BCUT2D eigenvalue weighted by atomic mass is 35.5. The van der Waals surface area contributed by atoms with Crippen molar-refractivity contribution in [2.75, 3.05) is 43.7 Å². The normalized spacial score (nSPS) is 15.0. The van der Waals surface area contributed by atoms with Crippen LogP contribution in [0.15, 0.2) is 54.6 Å². The van der Waals surface area contributed by atoms with Crippen LogP contribution in [0.25, 0.3) is 0 Å². The molecule has 0 radical (unpaired) electrons. The van der Waals surface area contributed by atoms with Crippen LogP contribution in [0, 0.1) is 0 Å². The molecule has 9 heteroatoms. The first-order chi connectivity index (χ1) is 13.4. The van der Waals surface area contributed by atoms with Gasteiger partial charge in [-0.05, 0) is 23.3 Å². The van der Waals surface area contributed by atoms with Gasteiger partial charge in [-0.15, -0.1) is 24.8 Å². The Morgan fingerprint density at radius 3 is 2.00 bits per heavy atom. The minimum Gasteiger partial charge on any atom is -0.298 e. The largest absolute Gasteiger partial charge is 0.298 e. The molecule has 1 aliphatic rings. The number of rotatable bonds is 8. The Bertz CT molecular complexity index is 885. The van der Waals surface area contributed by atoms with E-state index in [4.69, 9.17) is 0 Å². The van der Waals surface area contributed by atoms with Gasteiger partial charge in [-0.2, -0.15) is 0 Å². The number of nitrogens with one attached hydrogen (secondary N) is 1. The van der Waals surface area contributed by atoms with Crippen molar-refractivity contribution in [3.8, 4) is 0 Å². The highest BCUT2D eigenvalue weighted by Crippen LogP contribution is 2.12. The summed E-state index contributed by atoms with van der Waals surface area (Å²) in [5, 5.41) is 0. The maximum absolute atomic E-state index is 12.4. The topological polar surface area (TPSA) is 69.7 Å². The highest BCUT2D eigenvalue weighted by Gasteiger charge is 2.19. The van der Waals surface area contributed by atoms with E-state index in [1.54, 1.807) is 24.3 Å². The van der Waals surface area contributed by atoms with Crippen molar-refractivity contribution in [2.45, 2.75) is 13.0 Å². The lowest BCUT2D eigenvalue weighted by Gasteiger charge is -2.34. The lowest BCUT2D eigenvalue weighted by Crippen LogP contribution is -2.47. The molecule has 1 N–H and O–H groups in total. The van der Waals surface area contributed by atoms with Crippen molar-refractivity contribution < 1.29 is 13.2 Å². The molecule has 1 fully saturated rings. The summed E-state index contributed by atoms with van der Waals surface area (Å²) in [5.41, 5.74) is 2.72. The van der Waals surface area contributed by atoms with Crippen molar-refractivity contribution in [3.63, 3.8) is 0 Å². The molecule has 30 heavy (non-hydrogen) atoms. The second kappa shape index (κ2) is 12.3. The third-order valence-corrected chi connectivity index (χ3v) is 5.38. The summed E-state index contributed by atoms with van der Waals surface area (Å²) >= 11 is 0. The fourth-order valence-electron chi connectivity index (χ4n) is 3.38. The van der Waals surface area contributed by atoms with Gasteiger partial charge in [0.25, 0.3) is 0 Å². The Kier molecular flexibility index (Phi) is 10.8. The lowest BCUT2D eigenvalue weighted by atomic mass is 10.1. The molecule has 0 aromatic heterocycles. The van der Waals surface area contributed by atoms with Crippen LogP contribution in [0.2, 0.25) is 0 Å². The van der Waals surface area contributed by atoms with Crippen LogP contribution in [0.3, 0.4) is 0 Å². The molecule has 166 valence electrons. The number of ketones is 1. The number of anilines is 1. The van der Waals surface area contributed by atoms with Gasteiger partial charge in [0.1, 0.15) is 0 Å². The Morgan fingerprint density at radius 2 is 1.43 bits per heavy atom. The van der Waals surface area contributed by atoms with E-state index in [2.05, 4.69) is 38.8 Å². The first-order valence-corrected chi connectivity index (χ1v) is 11.3. The number of carbonyl (C=O) groups excluding carboxylic acids is 1. The summed E-state index contributed by atoms with van der Waals surface area (Å²) in [7, 11) is -3.28. The van der Waals surface area contributed by atoms with E-state index in [0.29, 0.717) is 18.7 Å². The van der Waals surface area contributed by atoms with Gasteiger partial charge in [0.05, 0.1) is 12.8 Å². The molecule has 2 aromatic carbocycles. The Morgan fingerprint density at radius 1 is 0.867 bits per heavy atom. The molecule has 0 unspecified atom stereocenters. The molecule has 1 heterocycles. The van der Waals surface area contributed by atoms with Gasteiger partial charge in [0.2, 0.25) is 10.0 Å². The molecular weight excluding hydrogens is 445 g/mol. The molecule has 1 aliphatic heterocycles. The zero-order chi connectivity index (χ0) is 20.0. The maximum atomic E-state index is 12.4. The average molecular weight is 474 g/mol. The molecule has 0 atom stereocenters. The van der Waals surface area contributed by atoms with Crippen molar-refractivity contribution >= 4 is 46.3 Å². The van der Waals surface area contributed by atoms with Crippen molar-refractivity contribution in [1.82, 2.24) is 9.80 Å². The summed E-state index contributed by atoms with van der Waals surface area (Å²) < 4.78 is 24.9. The molecule has 0 spiro atoms. The van der Waals surface area contributed by atoms with E-state index in [-0.39, 0.29) is 30.6 Å². The number of carbonyl (C=O) groups is 1. The summed E-state index contributed by atoms with van der Waals surface area (Å²) in [6.45, 7) is 5.15. The smallest absolute Gasteiger partial charge is 0.229 e. The van der Waals surface area contributed by atoms with Crippen LogP contribution >= 0.6 is 24.8 Å². The van der Waals surface area contributed by atoms with E-state index >= 15 is 0 Å². The quantitative estimate of drug-likeness (QED) is 0.638. The van der Waals surface area contributed by atoms with Gasteiger partial charge in [-0.1, -0.05) is 42.5 Å². The minimum atomic E-state index is -3.28. The van der Waals surface area contributed by atoms with Crippen LogP contribution in [0.5, 0.6) is 0 Å². The molecule has 2 aromatic rings. The van der Waals surface area contributed by atoms with Crippen LogP contribution < -0.4 is 4.72 Å². The predicted molar refractivity (Wildman–Crippen MR) is 126 cm³/mol. The third-order valence-electron chi connectivity index (χ3n) is 4.77. The Balaban J connectivity index is 0.00000225. The lowest BCUT2D eigenvalue weighted by molar-refractivity contribution is -0.120. The molecule has 0 aliphatic carbocycles. The van der Waals surface area contributed by atoms with Crippen molar-refractivity contribution in [2.24, 2.45) is 0 Å². The van der Waals surface area contributed by atoms with E-state index in [1.807, 2.05) is 6.07 Å². The van der Waals surface area contributed by atoms with Gasteiger partial charge < -0.3 is 0 Å². The van der Waals surface area contributed by atoms with E-state index in [0.717, 1.165) is 44.5 Å². The molecule has 6 nitrogen and oxygen atoms in total. The van der Waals surface area contributed by atoms with Gasteiger partial charge in [0.15, 0.2) is 5.78 Å². The van der Waals surface area contributed by atoms with E-state index < -0.39 is 10.0 Å². The number of hydrogen-bond donors (Lipinski definition) is 1. The summed E-state index contributed by atoms with van der Waals surface area (Å²) in [6.07, 6.45) is 1.48. The number of halogens is 2. The van der Waals surface area contributed by atoms with Gasteiger partial charge in [-0.25, -0.2) is 8.42 Å². The monoisotopic (exact) mass is 473 g/mol. The maximum Gasteiger partial charge on any atom is 0.229 e. The zero-order valence-corrected chi connectivity index (χ0v) is 19.4. The summed E-state index contributed by atoms with van der Waals surface area (Å²) in [5.74, 6) is 0.181. The number of benzene rings is 2. The number of sulfonamides is 1. The number of piperazine rings is 1. The highest BCUT2D eigenvalue weighted by molar-refractivity contribution is 7.92. The Labute approximate surface area is 191 Å². The molecule has 1 saturated heterocycles. The van der Waals surface area contributed by atoms with Crippen molar-refractivity contribution in [3.05, 3.63) is 65.7 Å². The number of nitrogens with zero attached hydrogens (tertiary/aromatic N) is 2. The first kappa shape index (κ1) is 26.4.